The van der Waals surface area contributed by atoms with Crippen LogP contribution in [0.4, 0.5) is 0 Å². The highest BCUT2D eigenvalue weighted by Crippen LogP contribution is 2.47. The number of carbonyl (C=O) groups is 1. The second-order valence-corrected chi connectivity index (χ2v) is 4.96. The first-order chi connectivity index (χ1) is 8.61. The molecule has 0 spiro atoms. The Hall–Kier alpha value is -0.650. The number of methoxy groups -OCH3 is 1. The van der Waals surface area contributed by atoms with E-state index in [1.165, 1.54) is 0 Å². The first-order valence-corrected chi connectivity index (χ1v) is 6.49. The minimum atomic E-state index is -0.704. The molecule has 0 aliphatic heterocycles. The summed E-state index contributed by atoms with van der Waals surface area (Å²) in [7, 11) is 1.63. The fraction of sp³-hybridized carbons (Fsp3) is 0.923. The van der Waals surface area contributed by atoms with Gasteiger partial charge in [-0.15, -0.1) is 0 Å². The average molecular weight is 260 g/mol. The summed E-state index contributed by atoms with van der Waals surface area (Å²) in [6, 6.07) is 0. The molecular weight excluding hydrogens is 236 g/mol. The maximum Gasteiger partial charge on any atom is 0.309 e. The summed E-state index contributed by atoms with van der Waals surface area (Å²) in [5, 5.41) is 9.25. The van der Waals surface area contributed by atoms with Crippen molar-refractivity contribution >= 4 is 5.97 Å². The van der Waals surface area contributed by atoms with E-state index in [-0.39, 0.29) is 0 Å². The number of carboxylic acid groups (broad SMARTS) is 1. The van der Waals surface area contributed by atoms with Crippen LogP contribution in [0, 0.1) is 11.3 Å². The molecule has 1 saturated carbocycles. The largest absolute Gasteiger partial charge is 0.481 e. The highest BCUT2D eigenvalue weighted by atomic mass is 16.5. The molecule has 0 bridgehead atoms. The number of carboxylic acids is 1. The molecule has 0 amide bonds. The third kappa shape index (κ3) is 4.92. The lowest BCUT2D eigenvalue weighted by molar-refractivity contribution is -0.150. The number of hydrogen-bond acceptors (Lipinski definition) is 4. The number of ether oxygens (including phenoxy) is 3. The number of hydrogen-bond donors (Lipinski definition) is 1. The SMILES string of the molecule is COCCOCCOCCC(C)(C(=O)O)C1CC1. The minimum absolute atomic E-state index is 0.330. The van der Waals surface area contributed by atoms with Crippen molar-refractivity contribution in [1.29, 1.82) is 0 Å². The van der Waals surface area contributed by atoms with E-state index in [9.17, 15) is 9.90 Å². The first-order valence-electron chi connectivity index (χ1n) is 6.49. The summed E-state index contributed by atoms with van der Waals surface area (Å²) >= 11 is 0. The molecule has 1 aliphatic rings. The zero-order chi connectivity index (χ0) is 13.4. The summed E-state index contributed by atoms with van der Waals surface area (Å²) in [5.74, 6) is -0.374. The third-order valence-electron chi connectivity index (χ3n) is 3.54. The first kappa shape index (κ1) is 15.4. The summed E-state index contributed by atoms with van der Waals surface area (Å²) in [5.41, 5.74) is -0.614. The molecule has 1 fully saturated rings. The van der Waals surface area contributed by atoms with E-state index in [0.717, 1.165) is 12.8 Å². The Kier molecular flexibility index (Phi) is 6.60. The van der Waals surface area contributed by atoms with E-state index in [1.807, 2.05) is 6.92 Å². The van der Waals surface area contributed by atoms with Crippen molar-refractivity contribution < 1.29 is 24.1 Å². The van der Waals surface area contributed by atoms with Crippen LogP contribution in [0.1, 0.15) is 26.2 Å². The molecule has 0 saturated heterocycles. The summed E-state index contributed by atoms with van der Waals surface area (Å²) in [6.07, 6.45) is 2.64. The second kappa shape index (κ2) is 7.71. The van der Waals surface area contributed by atoms with Gasteiger partial charge in [-0.2, -0.15) is 0 Å². The Bertz CT molecular complexity index is 252. The monoisotopic (exact) mass is 260 g/mol. The summed E-state index contributed by atoms with van der Waals surface area (Å²) in [6.45, 7) is 4.48. The fourth-order valence-electron chi connectivity index (χ4n) is 1.95. The van der Waals surface area contributed by atoms with Crippen LogP contribution >= 0.6 is 0 Å². The Morgan fingerprint density at radius 2 is 1.72 bits per heavy atom. The Morgan fingerprint density at radius 3 is 2.22 bits per heavy atom. The smallest absolute Gasteiger partial charge is 0.309 e. The lowest BCUT2D eigenvalue weighted by Gasteiger charge is -2.24. The van der Waals surface area contributed by atoms with Gasteiger partial charge in [0.15, 0.2) is 0 Å². The van der Waals surface area contributed by atoms with E-state index in [1.54, 1.807) is 7.11 Å². The van der Waals surface area contributed by atoms with Crippen LogP contribution in [-0.2, 0) is 19.0 Å². The highest BCUT2D eigenvalue weighted by molar-refractivity contribution is 5.75. The van der Waals surface area contributed by atoms with Crippen molar-refractivity contribution in [1.82, 2.24) is 0 Å². The Balaban J connectivity index is 2.04. The average Bonchev–Trinajstić information content (AvgIpc) is 3.16. The topological polar surface area (TPSA) is 65.0 Å². The molecule has 0 aromatic rings. The standard InChI is InChI=1S/C13H24O5/c1-13(12(14)15,11-3-4-11)5-6-17-9-10-18-8-7-16-2/h11H,3-10H2,1-2H3,(H,14,15). The molecule has 0 aromatic heterocycles. The maximum absolute atomic E-state index is 11.2. The van der Waals surface area contributed by atoms with E-state index in [4.69, 9.17) is 14.2 Å². The van der Waals surface area contributed by atoms with Crippen LogP contribution in [0.2, 0.25) is 0 Å². The molecule has 5 nitrogen and oxygen atoms in total. The molecule has 1 N–H and O–H groups in total. The molecular formula is C13H24O5. The van der Waals surface area contributed by atoms with E-state index in [0.29, 0.717) is 45.4 Å². The quantitative estimate of drug-likeness (QED) is 0.571. The predicted octanol–water partition coefficient (Wildman–Crippen LogP) is 1.56. The van der Waals surface area contributed by atoms with Gasteiger partial charge >= 0.3 is 5.97 Å². The summed E-state index contributed by atoms with van der Waals surface area (Å²) in [4.78, 5) is 11.2. The third-order valence-corrected chi connectivity index (χ3v) is 3.54. The van der Waals surface area contributed by atoms with Crippen molar-refractivity contribution in [3.63, 3.8) is 0 Å². The van der Waals surface area contributed by atoms with Gasteiger partial charge in [0.05, 0.1) is 31.8 Å². The minimum Gasteiger partial charge on any atom is -0.481 e. The molecule has 0 aromatic carbocycles. The van der Waals surface area contributed by atoms with Crippen LogP contribution in [0.5, 0.6) is 0 Å². The van der Waals surface area contributed by atoms with Gasteiger partial charge in [-0.1, -0.05) is 0 Å². The van der Waals surface area contributed by atoms with E-state index < -0.39 is 11.4 Å². The molecule has 18 heavy (non-hydrogen) atoms. The lowest BCUT2D eigenvalue weighted by atomic mass is 9.82. The van der Waals surface area contributed by atoms with Gasteiger partial charge in [-0.05, 0) is 32.1 Å². The zero-order valence-electron chi connectivity index (χ0n) is 11.3. The van der Waals surface area contributed by atoms with Gasteiger partial charge in [0.25, 0.3) is 0 Å². The summed E-state index contributed by atoms with van der Waals surface area (Å²) < 4.78 is 15.5. The van der Waals surface area contributed by atoms with Gasteiger partial charge in [-0.25, -0.2) is 0 Å². The van der Waals surface area contributed by atoms with Crippen LogP contribution in [0.15, 0.2) is 0 Å². The molecule has 1 rings (SSSR count). The van der Waals surface area contributed by atoms with E-state index >= 15 is 0 Å². The lowest BCUT2D eigenvalue weighted by Crippen LogP contribution is -2.31. The Labute approximate surface area is 108 Å². The maximum atomic E-state index is 11.2. The van der Waals surface area contributed by atoms with Gasteiger partial charge in [0.2, 0.25) is 0 Å². The molecule has 1 unspecified atom stereocenters. The van der Waals surface area contributed by atoms with Crippen LogP contribution < -0.4 is 0 Å². The van der Waals surface area contributed by atoms with Crippen LogP contribution in [0.25, 0.3) is 0 Å². The molecule has 1 atom stereocenters. The van der Waals surface area contributed by atoms with Crippen LogP contribution in [-0.4, -0.2) is 51.2 Å². The Morgan fingerprint density at radius 1 is 1.17 bits per heavy atom. The molecule has 106 valence electrons. The fourth-order valence-corrected chi connectivity index (χ4v) is 1.95. The van der Waals surface area contributed by atoms with Crippen molar-refractivity contribution in [3.05, 3.63) is 0 Å². The van der Waals surface area contributed by atoms with Crippen molar-refractivity contribution in [2.45, 2.75) is 26.2 Å². The van der Waals surface area contributed by atoms with E-state index in [2.05, 4.69) is 0 Å². The van der Waals surface area contributed by atoms with Crippen LogP contribution in [0.3, 0.4) is 0 Å². The number of aliphatic carboxylic acids is 1. The van der Waals surface area contributed by atoms with Gasteiger partial charge < -0.3 is 19.3 Å². The van der Waals surface area contributed by atoms with Crippen molar-refractivity contribution in [3.8, 4) is 0 Å². The molecule has 5 heteroatoms. The van der Waals surface area contributed by atoms with Crippen molar-refractivity contribution in [2.24, 2.45) is 11.3 Å². The molecule has 0 radical (unpaired) electrons. The van der Waals surface area contributed by atoms with Gasteiger partial charge in [0, 0.05) is 13.7 Å². The van der Waals surface area contributed by atoms with Crippen molar-refractivity contribution in [2.75, 3.05) is 40.1 Å². The van der Waals surface area contributed by atoms with Gasteiger partial charge in [0.1, 0.15) is 0 Å². The molecule has 0 heterocycles. The zero-order valence-corrected chi connectivity index (χ0v) is 11.3. The second-order valence-electron chi connectivity index (χ2n) is 4.96. The molecule has 1 aliphatic carbocycles. The predicted molar refractivity (Wildman–Crippen MR) is 66.6 cm³/mol. The normalized spacial score (nSPS) is 18.6. The number of rotatable bonds is 11. The van der Waals surface area contributed by atoms with Gasteiger partial charge in [-0.3, -0.25) is 4.79 Å². The highest BCUT2D eigenvalue weighted by Gasteiger charge is 2.46.